The van der Waals surface area contributed by atoms with Crippen molar-refractivity contribution in [3.8, 4) is 0 Å². The summed E-state index contributed by atoms with van der Waals surface area (Å²) in [6.07, 6.45) is -1.07. The molecule has 3 aromatic rings. The van der Waals surface area contributed by atoms with E-state index in [9.17, 15) is 19.1 Å². The van der Waals surface area contributed by atoms with Crippen LogP contribution in [0.5, 0.6) is 0 Å². The molecule has 0 saturated heterocycles. The first-order valence-corrected chi connectivity index (χ1v) is 7.25. The summed E-state index contributed by atoms with van der Waals surface area (Å²) < 4.78 is 13.7. The Balaban J connectivity index is 1.73. The van der Waals surface area contributed by atoms with Crippen molar-refractivity contribution < 1.29 is 14.3 Å². The predicted octanol–water partition coefficient (Wildman–Crippen LogP) is 1.53. The van der Waals surface area contributed by atoms with E-state index in [1.165, 1.54) is 24.3 Å². The fourth-order valence-corrected chi connectivity index (χ4v) is 2.29. The Hall–Kier alpha value is -3.06. The smallest absolute Gasteiger partial charge is 0.270 e. The molecule has 1 atom stereocenters. The van der Waals surface area contributed by atoms with Crippen molar-refractivity contribution in [2.24, 2.45) is 0 Å². The maximum absolute atomic E-state index is 13.7. The molecule has 1 unspecified atom stereocenters. The fraction of sp³-hybridized carbons (Fsp3) is 0.118. The normalized spacial score (nSPS) is 12.1. The lowest BCUT2D eigenvalue weighted by Gasteiger charge is -2.12. The number of carbonyl (C=O) groups is 1. The maximum Gasteiger partial charge on any atom is 0.270 e. The van der Waals surface area contributed by atoms with Gasteiger partial charge < -0.3 is 15.4 Å². The quantitative estimate of drug-likeness (QED) is 0.677. The lowest BCUT2D eigenvalue weighted by atomic mass is 10.2. The molecule has 0 bridgehead atoms. The highest BCUT2D eigenvalue weighted by molar-refractivity contribution is 5.94. The predicted molar refractivity (Wildman–Crippen MR) is 86.1 cm³/mol. The van der Waals surface area contributed by atoms with Crippen molar-refractivity contribution in [3.63, 3.8) is 0 Å². The zero-order chi connectivity index (χ0) is 17.1. The van der Waals surface area contributed by atoms with E-state index in [-0.39, 0.29) is 23.3 Å². The van der Waals surface area contributed by atoms with E-state index >= 15 is 0 Å². The molecule has 1 amide bonds. The lowest BCUT2D eigenvalue weighted by Crippen LogP contribution is -2.29. The van der Waals surface area contributed by atoms with Gasteiger partial charge in [-0.15, -0.1) is 0 Å². The summed E-state index contributed by atoms with van der Waals surface area (Å²) in [6, 6.07) is 12.0. The molecule has 3 rings (SSSR count). The van der Waals surface area contributed by atoms with Crippen LogP contribution in [0.25, 0.3) is 10.9 Å². The highest BCUT2D eigenvalue weighted by Gasteiger charge is 2.13. The van der Waals surface area contributed by atoms with Crippen molar-refractivity contribution in [2.45, 2.75) is 6.10 Å². The second kappa shape index (κ2) is 6.59. The Labute approximate surface area is 136 Å². The average molecular weight is 327 g/mol. The van der Waals surface area contributed by atoms with Crippen LogP contribution in [0.1, 0.15) is 22.3 Å². The molecule has 122 valence electrons. The zero-order valence-electron chi connectivity index (χ0n) is 12.5. The highest BCUT2D eigenvalue weighted by Crippen LogP contribution is 2.16. The van der Waals surface area contributed by atoms with Crippen LogP contribution in [0.15, 0.2) is 53.3 Å². The van der Waals surface area contributed by atoms with Crippen molar-refractivity contribution >= 4 is 16.8 Å². The van der Waals surface area contributed by atoms with Crippen LogP contribution in [-0.2, 0) is 0 Å². The largest absolute Gasteiger partial charge is 0.385 e. The van der Waals surface area contributed by atoms with Crippen LogP contribution in [0.4, 0.5) is 4.39 Å². The summed E-state index contributed by atoms with van der Waals surface area (Å²) in [5.74, 6) is -1.05. The van der Waals surface area contributed by atoms with Gasteiger partial charge in [0.2, 0.25) is 5.56 Å². The number of H-pyrrole nitrogens is 1. The van der Waals surface area contributed by atoms with Gasteiger partial charge >= 0.3 is 0 Å². The minimum absolute atomic E-state index is 0.0429. The number of hydrogen-bond acceptors (Lipinski definition) is 4. The van der Waals surface area contributed by atoms with Crippen LogP contribution >= 0.6 is 0 Å². The van der Waals surface area contributed by atoms with Gasteiger partial charge in [-0.05, 0) is 18.2 Å². The number of para-hydroxylation sites is 1. The molecular formula is C17H14FN3O3. The minimum Gasteiger partial charge on any atom is -0.385 e. The van der Waals surface area contributed by atoms with Gasteiger partial charge in [0.25, 0.3) is 5.91 Å². The van der Waals surface area contributed by atoms with Crippen LogP contribution in [0.2, 0.25) is 0 Å². The highest BCUT2D eigenvalue weighted by atomic mass is 19.1. The fourth-order valence-electron chi connectivity index (χ4n) is 2.29. The molecule has 0 aliphatic heterocycles. The summed E-state index contributed by atoms with van der Waals surface area (Å²) in [5.41, 5.74) is 0.101. The molecule has 2 aromatic heterocycles. The van der Waals surface area contributed by atoms with E-state index in [2.05, 4.69) is 15.3 Å². The first-order chi connectivity index (χ1) is 11.5. The van der Waals surface area contributed by atoms with E-state index in [1.807, 2.05) is 0 Å². The van der Waals surface area contributed by atoms with Gasteiger partial charge in [0.1, 0.15) is 23.1 Å². The second-order valence-corrected chi connectivity index (χ2v) is 5.20. The van der Waals surface area contributed by atoms with Crippen molar-refractivity contribution in [3.05, 3.63) is 76.1 Å². The monoisotopic (exact) mass is 327 g/mol. The molecule has 24 heavy (non-hydrogen) atoms. The molecular weight excluding hydrogens is 313 g/mol. The van der Waals surface area contributed by atoms with Gasteiger partial charge in [-0.25, -0.2) is 9.37 Å². The van der Waals surface area contributed by atoms with Gasteiger partial charge in [-0.2, -0.15) is 0 Å². The molecule has 1 aromatic carbocycles. The van der Waals surface area contributed by atoms with E-state index in [4.69, 9.17) is 0 Å². The molecule has 0 spiro atoms. The third-order valence-electron chi connectivity index (χ3n) is 3.51. The number of halogens is 1. The number of aliphatic hydroxyl groups is 1. The number of nitrogens with one attached hydrogen (secondary N) is 2. The molecule has 2 heterocycles. The lowest BCUT2D eigenvalue weighted by molar-refractivity contribution is 0.0909. The summed E-state index contributed by atoms with van der Waals surface area (Å²) >= 11 is 0. The third kappa shape index (κ3) is 3.31. The molecule has 0 radical (unpaired) electrons. The number of fused-ring (bicyclic) bond motifs is 1. The topological polar surface area (TPSA) is 95.1 Å². The van der Waals surface area contributed by atoms with E-state index in [0.29, 0.717) is 11.1 Å². The molecule has 3 N–H and O–H groups in total. The molecule has 0 saturated carbocycles. The van der Waals surface area contributed by atoms with Gasteiger partial charge in [-0.3, -0.25) is 9.59 Å². The molecule has 0 fully saturated rings. The van der Waals surface area contributed by atoms with Gasteiger partial charge in [-0.1, -0.05) is 24.3 Å². The van der Waals surface area contributed by atoms with Crippen molar-refractivity contribution in [1.82, 2.24) is 15.3 Å². The number of pyridine rings is 2. The molecule has 0 aliphatic carbocycles. The number of hydrogen-bond donors (Lipinski definition) is 3. The Bertz CT molecular complexity index is 955. The van der Waals surface area contributed by atoms with Crippen LogP contribution in [0.3, 0.4) is 0 Å². The molecule has 7 heteroatoms. The van der Waals surface area contributed by atoms with Gasteiger partial charge in [0.05, 0.1) is 0 Å². The number of benzene rings is 1. The summed E-state index contributed by atoms with van der Waals surface area (Å²) in [5, 5.41) is 13.1. The third-order valence-corrected chi connectivity index (χ3v) is 3.51. The molecule has 6 nitrogen and oxygen atoms in total. The SMILES string of the molecule is O=C(NCC(O)c1cccc(=O)[nH]1)c1ccc2cccc(F)c2n1. The summed E-state index contributed by atoms with van der Waals surface area (Å²) in [4.78, 5) is 29.8. The van der Waals surface area contributed by atoms with Crippen LogP contribution in [-0.4, -0.2) is 27.5 Å². The number of aromatic amines is 1. The number of aliphatic hydroxyl groups excluding tert-OH is 1. The van der Waals surface area contributed by atoms with E-state index in [0.717, 1.165) is 0 Å². The van der Waals surface area contributed by atoms with Gasteiger partial charge in [0, 0.05) is 23.7 Å². The first kappa shape index (κ1) is 15.8. The Kier molecular flexibility index (Phi) is 4.35. The molecule has 0 aliphatic rings. The standard InChI is InChI=1S/C17H14FN3O3/c18-11-4-1-3-10-7-8-13(21-16(10)11)17(24)19-9-14(22)12-5-2-6-15(23)20-12/h1-8,14,22H,9H2,(H,19,24)(H,20,23). The van der Waals surface area contributed by atoms with Crippen LogP contribution in [0, 0.1) is 5.82 Å². The van der Waals surface area contributed by atoms with Crippen molar-refractivity contribution in [2.75, 3.05) is 6.54 Å². The number of carbonyl (C=O) groups excluding carboxylic acids is 1. The number of rotatable bonds is 4. The van der Waals surface area contributed by atoms with Gasteiger partial charge in [0.15, 0.2) is 0 Å². The number of aromatic nitrogens is 2. The van der Waals surface area contributed by atoms with E-state index < -0.39 is 17.8 Å². The Morgan fingerprint density at radius 2 is 2.00 bits per heavy atom. The first-order valence-electron chi connectivity index (χ1n) is 7.25. The maximum atomic E-state index is 13.7. The summed E-state index contributed by atoms with van der Waals surface area (Å²) in [7, 11) is 0. The Morgan fingerprint density at radius 3 is 2.79 bits per heavy atom. The van der Waals surface area contributed by atoms with E-state index in [1.54, 1.807) is 24.3 Å². The van der Waals surface area contributed by atoms with Crippen molar-refractivity contribution in [1.29, 1.82) is 0 Å². The summed E-state index contributed by atoms with van der Waals surface area (Å²) in [6.45, 7) is -0.115. The number of nitrogens with zero attached hydrogens (tertiary/aromatic N) is 1. The second-order valence-electron chi connectivity index (χ2n) is 5.20. The zero-order valence-corrected chi connectivity index (χ0v) is 12.5. The number of amides is 1. The average Bonchev–Trinajstić information content (AvgIpc) is 2.59. The minimum atomic E-state index is -1.07. The Morgan fingerprint density at radius 1 is 1.21 bits per heavy atom. The van der Waals surface area contributed by atoms with Crippen LogP contribution < -0.4 is 10.9 Å².